The third kappa shape index (κ3) is 3.31. The maximum atomic E-state index is 11.3. The number of thioether (sulfide) groups is 1. The normalized spacial score (nSPS) is 13.4. The summed E-state index contributed by atoms with van der Waals surface area (Å²) in [5.41, 5.74) is 0.723. The Morgan fingerprint density at radius 2 is 2.06 bits per heavy atom. The molecular formula is C12H12N2O3S. The van der Waals surface area contributed by atoms with E-state index < -0.39 is 9.67 Å². The van der Waals surface area contributed by atoms with Crippen molar-refractivity contribution < 1.29 is 9.72 Å². The summed E-state index contributed by atoms with van der Waals surface area (Å²) >= 11 is 0.989. The highest BCUT2D eigenvalue weighted by Crippen LogP contribution is 2.39. The van der Waals surface area contributed by atoms with E-state index in [4.69, 9.17) is 5.26 Å². The standard InChI is InChI=1S/C12H12N2O3S/c1-9(15)7-12(2,18-8-13)10-3-5-11(6-4-10)14(16)17/h3-6H,7H2,1-2H3. The molecule has 1 atom stereocenters. The lowest BCUT2D eigenvalue weighted by molar-refractivity contribution is -0.384. The van der Waals surface area contributed by atoms with Gasteiger partial charge in [-0.15, -0.1) is 0 Å². The Labute approximate surface area is 109 Å². The summed E-state index contributed by atoms with van der Waals surface area (Å²) < 4.78 is -0.671. The third-order valence-corrected chi connectivity index (χ3v) is 3.47. The van der Waals surface area contributed by atoms with Crippen LogP contribution in [-0.2, 0) is 9.54 Å². The second-order valence-corrected chi connectivity index (χ2v) is 5.39. The summed E-state index contributed by atoms with van der Waals surface area (Å²) in [5, 5.41) is 21.4. The highest BCUT2D eigenvalue weighted by atomic mass is 32.2. The number of benzene rings is 1. The van der Waals surface area contributed by atoms with Crippen molar-refractivity contribution in [2.24, 2.45) is 0 Å². The van der Waals surface area contributed by atoms with Gasteiger partial charge in [0.15, 0.2) is 0 Å². The Kier molecular flexibility index (Phi) is 4.45. The van der Waals surface area contributed by atoms with E-state index in [-0.39, 0.29) is 17.9 Å². The van der Waals surface area contributed by atoms with E-state index in [9.17, 15) is 14.9 Å². The monoisotopic (exact) mass is 264 g/mol. The van der Waals surface area contributed by atoms with Gasteiger partial charge in [0.1, 0.15) is 11.2 Å². The molecule has 94 valence electrons. The van der Waals surface area contributed by atoms with Crippen molar-refractivity contribution in [1.29, 1.82) is 5.26 Å². The molecule has 0 amide bonds. The summed E-state index contributed by atoms with van der Waals surface area (Å²) in [4.78, 5) is 21.3. The van der Waals surface area contributed by atoms with E-state index in [0.717, 1.165) is 17.3 Å². The second kappa shape index (κ2) is 5.65. The first kappa shape index (κ1) is 14.2. The minimum absolute atomic E-state index is 0.00844. The molecule has 0 heterocycles. The van der Waals surface area contributed by atoms with Crippen molar-refractivity contribution in [2.75, 3.05) is 0 Å². The van der Waals surface area contributed by atoms with Gasteiger partial charge in [0.2, 0.25) is 0 Å². The molecule has 0 aliphatic heterocycles. The number of Topliss-reactive ketones (excluding diaryl/α,β-unsaturated/α-hetero) is 1. The van der Waals surface area contributed by atoms with Crippen LogP contribution in [0.5, 0.6) is 0 Å². The third-order valence-electron chi connectivity index (χ3n) is 2.55. The Bertz CT molecular complexity index is 507. The molecule has 0 radical (unpaired) electrons. The Morgan fingerprint density at radius 3 is 2.44 bits per heavy atom. The van der Waals surface area contributed by atoms with Gasteiger partial charge in [-0.05, 0) is 31.2 Å². The lowest BCUT2D eigenvalue weighted by Crippen LogP contribution is -2.20. The fraction of sp³-hybridized carbons (Fsp3) is 0.333. The van der Waals surface area contributed by atoms with Crippen molar-refractivity contribution in [3.8, 4) is 5.40 Å². The van der Waals surface area contributed by atoms with Crippen LogP contribution < -0.4 is 0 Å². The predicted molar refractivity (Wildman–Crippen MR) is 69.0 cm³/mol. The van der Waals surface area contributed by atoms with Crippen LogP contribution in [0.1, 0.15) is 25.8 Å². The molecule has 0 aliphatic carbocycles. The van der Waals surface area contributed by atoms with Crippen molar-refractivity contribution in [1.82, 2.24) is 0 Å². The maximum Gasteiger partial charge on any atom is 0.269 e. The molecule has 18 heavy (non-hydrogen) atoms. The zero-order valence-electron chi connectivity index (χ0n) is 10.0. The summed E-state index contributed by atoms with van der Waals surface area (Å²) in [5.74, 6) is -0.0291. The second-order valence-electron chi connectivity index (χ2n) is 4.11. The zero-order chi connectivity index (χ0) is 13.8. The van der Waals surface area contributed by atoms with Crippen LogP contribution in [0, 0.1) is 20.8 Å². The largest absolute Gasteiger partial charge is 0.300 e. The molecule has 0 saturated carbocycles. The first-order valence-electron chi connectivity index (χ1n) is 5.20. The molecular weight excluding hydrogens is 252 g/mol. The van der Waals surface area contributed by atoms with Gasteiger partial charge in [-0.1, -0.05) is 12.1 Å². The molecule has 0 bridgehead atoms. The molecule has 0 aliphatic rings. The summed E-state index contributed by atoms with van der Waals surface area (Å²) in [6.45, 7) is 3.24. The fourth-order valence-corrected chi connectivity index (χ4v) is 2.44. The number of rotatable bonds is 5. The number of nitrogens with zero attached hydrogens (tertiary/aromatic N) is 2. The fourth-order valence-electron chi connectivity index (χ4n) is 1.71. The van der Waals surface area contributed by atoms with Gasteiger partial charge in [0, 0.05) is 18.6 Å². The van der Waals surface area contributed by atoms with Crippen LogP contribution in [0.3, 0.4) is 0 Å². The van der Waals surface area contributed by atoms with Crippen molar-refractivity contribution in [2.45, 2.75) is 25.0 Å². The molecule has 0 saturated heterocycles. The van der Waals surface area contributed by atoms with Crippen LogP contribution >= 0.6 is 11.8 Å². The first-order valence-corrected chi connectivity index (χ1v) is 6.02. The first-order chi connectivity index (χ1) is 8.39. The van der Waals surface area contributed by atoms with Crippen LogP contribution in [0.15, 0.2) is 24.3 Å². The molecule has 6 heteroatoms. The predicted octanol–water partition coefficient (Wildman–Crippen LogP) is 3.00. The van der Waals surface area contributed by atoms with E-state index in [1.807, 2.05) is 5.40 Å². The van der Waals surface area contributed by atoms with Gasteiger partial charge in [-0.25, -0.2) is 0 Å². The van der Waals surface area contributed by atoms with Gasteiger partial charge in [0.25, 0.3) is 5.69 Å². The minimum atomic E-state index is -0.671. The molecule has 1 aromatic carbocycles. The van der Waals surface area contributed by atoms with E-state index >= 15 is 0 Å². The molecule has 0 N–H and O–H groups in total. The van der Waals surface area contributed by atoms with E-state index in [2.05, 4.69) is 0 Å². The zero-order valence-corrected chi connectivity index (χ0v) is 10.9. The van der Waals surface area contributed by atoms with Crippen LogP contribution in [-0.4, -0.2) is 10.7 Å². The van der Waals surface area contributed by atoms with Crippen molar-refractivity contribution in [3.63, 3.8) is 0 Å². The van der Waals surface area contributed by atoms with Crippen molar-refractivity contribution in [3.05, 3.63) is 39.9 Å². The van der Waals surface area contributed by atoms with Gasteiger partial charge in [-0.2, -0.15) is 5.26 Å². The van der Waals surface area contributed by atoms with Gasteiger partial charge < -0.3 is 0 Å². The molecule has 5 nitrogen and oxygen atoms in total. The Balaban J connectivity index is 3.10. The van der Waals surface area contributed by atoms with Crippen molar-refractivity contribution >= 4 is 23.2 Å². The highest BCUT2D eigenvalue weighted by molar-refractivity contribution is 8.04. The average molecular weight is 264 g/mol. The average Bonchev–Trinajstić information content (AvgIpc) is 2.28. The SMILES string of the molecule is CC(=O)CC(C)(SC#N)c1ccc([N+](=O)[O-])cc1. The quantitative estimate of drug-likeness (QED) is 0.463. The minimum Gasteiger partial charge on any atom is -0.300 e. The lowest BCUT2D eigenvalue weighted by Gasteiger charge is -2.24. The summed E-state index contributed by atoms with van der Waals surface area (Å²) in [7, 11) is 0. The molecule has 0 fully saturated rings. The van der Waals surface area contributed by atoms with Gasteiger partial charge in [-0.3, -0.25) is 14.9 Å². The number of carbonyl (C=O) groups is 1. The number of hydrogen-bond donors (Lipinski definition) is 0. The summed E-state index contributed by atoms with van der Waals surface area (Å²) in [6.07, 6.45) is 0.211. The number of carbonyl (C=O) groups excluding carboxylic acids is 1. The smallest absolute Gasteiger partial charge is 0.269 e. The lowest BCUT2D eigenvalue weighted by atomic mass is 9.95. The summed E-state index contributed by atoms with van der Waals surface area (Å²) in [6, 6.07) is 5.94. The number of nitro groups is 1. The number of thiocyanates is 1. The molecule has 0 aromatic heterocycles. The number of hydrogen-bond acceptors (Lipinski definition) is 5. The van der Waals surface area contributed by atoms with E-state index in [1.54, 1.807) is 19.1 Å². The van der Waals surface area contributed by atoms with Gasteiger partial charge >= 0.3 is 0 Å². The number of nitriles is 1. The van der Waals surface area contributed by atoms with E-state index in [1.165, 1.54) is 19.1 Å². The maximum absolute atomic E-state index is 11.3. The molecule has 0 spiro atoms. The Morgan fingerprint density at radius 1 is 1.50 bits per heavy atom. The topological polar surface area (TPSA) is 84.0 Å². The Hall–Kier alpha value is -1.87. The molecule has 1 unspecified atom stereocenters. The molecule has 1 aromatic rings. The van der Waals surface area contributed by atoms with Crippen LogP contribution in [0.4, 0.5) is 5.69 Å². The number of non-ortho nitro benzene ring substituents is 1. The van der Waals surface area contributed by atoms with Gasteiger partial charge in [0.05, 0.1) is 9.67 Å². The van der Waals surface area contributed by atoms with Crippen LogP contribution in [0.25, 0.3) is 0 Å². The highest BCUT2D eigenvalue weighted by Gasteiger charge is 2.29. The van der Waals surface area contributed by atoms with E-state index in [0.29, 0.717) is 0 Å². The van der Waals surface area contributed by atoms with Crippen LogP contribution in [0.2, 0.25) is 0 Å². The number of ketones is 1. The number of nitro benzene ring substituents is 1. The molecule has 1 rings (SSSR count).